The number of carbonyl (C=O) groups excluding carboxylic acids is 1. The van der Waals surface area contributed by atoms with Gasteiger partial charge in [-0.3, -0.25) is 4.79 Å². The van der Waals surface area contributed by atoms with E-state index in [1.54, 1.807) is 0 Å². The largest absolute Gasteiger partial charge is 0.381 e. The summed E-state index contributed by atoms with van der Waals surface area (Å²) in [5.74, 6) is 0.856. The van der Waals surface area contributed by atoms with Crippen LogP contribution in [0.3, 0.4) is 0 Å². The number of ether oxygens (including phenoxy) is 1. The van der Waals surface area contributed by atoms with Crippen LogP contribution in [0.5, 0.6) is 0 Å². The van der Waals surface area contributed by atoms with Gasteiger partial charge in [0.25, 0.3) is 0 Å². The van der Waals surface area contributed by atoms with Crippen LogP contribution < -0.4 is 11.1 Å². The normalized spacial score (nSPS) is 22.1. The summed E-state index contributed by atoms with van der Waals surface area (Å²) in [6.07, 6.45) is 3.61. The third-order valence-electron chi connectivity index (χ3n) is 4.87. The van der Waals surface area contributed by atoms with Crippen molar-refractivity contribution in [2.75, 3.05) is 39.4 Å². The summed E-state index contributed by atoms with van der Waals surface area (Å²) >= 11 is 0. The van der Waals surface area contributed by atoms with Crippen molar-refractivity contribution in [2.45, 2.75) is 45.6 Å². The topological polar surface area (TPSA) is 67.6 Å². The number of nitrogens with one attached hydrogen (secondary N) is 1. The lowest BCUT2D eigenvalue weighted by Gasteiger charge is -2.38. The molecule has 1 amide bonds. The third-order valence-corrected chi connectivity index (χ3v) is 4.87. The van der Waals surface area contributed by atoms with Gasteiger partial charge in [-0.25, -0.2) is 0 Å². The molecule has 23 heavy (non-hydrogen) atoms. The SMILES string of the molecule is CC(C)CN1CCC(NC(=O)C2(CN)CCOCC2)CC1.Cl.Cl. The number of halogens is 2. The smallest absolute Gasteiger partial charge is 0.227 e. The molecule has 0 spiro atoms. The van der Waals surface area contributed by atoms with E-state index in [0.29, 0.717) is 31.7 Å². The Kier molecular flexibility index (Phi) is 10.7. The predicted octanol–water partition coefficient (Wildman–Crippen LogP) is 1.82. The van der Waals surface area contributed by atoms with Crippen molar-refractivity contribution in [1.82, 2.24) is 10.2 Å². The molecule has 2 aliphatic heterocycles. The highest BCUT2D eigenvalue weighted by Gasteiger charge is 2.39. The molecular formula is C16H33Cl2N3O2. The number of nitrogens with zero attached hydrogens (tertiary/aromatic N) is 1. The molecule has 138 valence electrons. The molecule has 0 unspecified atom stereocenters. The molecule has 2 rings (SSSR count). The molecule has 2 saturated heterocycles. The highest BCUT2D eigenvalue weighted by atomic mass is 35.5. The summed E-state index contributed by atoms with van der Waals surface area (Å²) in [7, 11) is 0. The second-order valence-electron chi connectivity index (χ2n) is 7.04. The fourth-order valence-electron chi connectivity index (χ4n) is 3.40. The minimum atomic E-state index is -0.396. The lowest BCUT2D eigenvalue weighted by Crippen LogP contribution is -2.54. The van der Waals surface area contributed by atoms with E-state index in [1.807, 2.05) is 0 Å². The molecule has 0 bridgehead atoms. The van der Waals surface area contributed by atoms with Crippen molar-refractivity contribution in [3.8, 4) is 0 Å². The monoisotopic (exact) mass is 369 g/mol. The summed E-state index contributed by atoms with van der Waals surface area (Å²) in [6.45, 7) is 9.56. The summed E-state index contributed by atoms with van der Waals surface area (Å²) in [4.78, 5) is 15.1. The van der Waals surface area contributed by atoms with Crippen molar-refractivity contribution in [3.05, 3.63) is 0 Å². The lowest BCUT2D eigenvalue weighted by molar-refractivity contribution is -0.137. The fraction of sp³-hybridized carbons (Fsp3) is 0.938. The van der Waals surface area contributed by atoms with Gasteiger partial charge in [-0.05, 0) is 31.6 Å². The Morgan fingerprint density at radius 2 is 1.83 bits per heavy atom. The molecule has 2 fully saturated rings. The second-order valence-corrected chi connectivity index (χ2v) is 7.04. The Hall–Kier alpha value is -0.0700. The first-order valence-corrected chi connectivity index (χ1v) is 8.37. The van der Waals surface area contributed by atoms with Gasteiger partial charge in [0.2, 0.25) is 5.91 Å². The zero-order valence-electron chi connectivity index (χ0n) is 14.4. The van der Waals surface area contributed by atoms with E-state index < -0.39 is 5.41 Å². The average Bonchev–Trinajstić information content (AvgIpc) is 2.49. The van der Waals surface area contributed by atoms with E-state index in [2.05, 4.69) is 24.1 Å². The Balaban J connectivity index is 0.00000242. The van der Waals surface area contributed by atoms with E-state index in [-0.39, 0.29) is 30.7 Å². The molecule has 0 aliphatic carbocycles. The van der Waals surface area contributed by atoms with Crippen LogP contribution in [0.1, 0.15) is 39.5 Å². The zero-order chi connectivity index (χ0) is 15.3. The zero-order valence-corrected chi connectivity index (χ0v) is 16.0. The first-order chi connectivity index (χ1) is 10.1. The summed E-state index contributed by atoms with van der Waals surface area (Å²) < 4.78 is 5.38. The highest BCUT2D eigenvalue weighted by Crippen LogP contribution is 2.30. The standard InChI is InChI=1S/C16H31N3O2.2ClH/c1-13(2)11-19-7-3-14(4-8-19)18-15(20)16(12-17)5-9-21-10-6-16;;/h13-14H,3-12,17H2,1-2H3,(H,18,20);2*1H. The highest BCUT2D eigenvalue weighted by molar-refractivity contribution is 5.85. The van der Waals surface area contributed by atoms with Crippen LogP contribution in [0.15, 0.2) is 0 Å². The molecule has 0 atom stereocenters. The molecule has 0 radical (unpaired) electrons. The number of rotatable bonds is 5. The van der Waals surface area contributed by atoms with E-state index >= 15 is 0 Å². The summed E-state index contributed by atoms with van der Waals surface area (Å²) in [6, 6.07) is 0.312. The number of nitrogens with two attached hydrogens (primary N) is 1. The van der Waals surface area contributed by atoms with Crippen LogP contribution in [-0.2, 0) is 9.53 Å². The Labute approximate surface area is 152 Å². The summed E-state index contributed by atoms with van der Waals surface area (Å²) in [5.41, 5.74) is 5.50. The van der Waals surface area contributed by atoms with Crippen molar-refractivity contribution >= 4 is 30.7 Å². The first kappa shape index (κ1) is 22.9. The van der Waals surface area contributed by atoms with Crippen LogP contribution >= 0.6 is 24.8 Å². The van der Waals surface area contributed by atoms with Crippen molar-refractivity contribution < 1.29 is 9.53 Å². The molecular weight excluding hydrogens is 337 g/mol. The fourth-order valence-corrected chi connectivity index (χ4v) is 3.40. The van der Waals surface area contributed by atoms with Gasteiger partial charge in [0.1, 0.15) is 0 Å². The molecule has 0 aromatic heterocycles. The molecule has 3 N–H and O–H groups in total. The lowest BCUT2D eigenvalue weighted by atomic mass is 9.79. The van der Waals surface area contributed by atoms with E-state index in [4.69, 9.17) is 10.5 Å². The van der Waals surface area contributed by atoms with E-state index in [1.165, 1.54) is 0 Å². The van der Waals surface area contributed by atoms with Gasteiger partial charge in [-0.1, -0.05) is 13.8 Å². The molecule has 0 aromatic rings. The number of hydrogen-bond donors (Lipinski definition) is 2. The van der Waals surface area contributed by atoms with Crippen LogP contribution in [0.2, 0.25) is 0 Å². The first-order valence-electron chi connectivity index (χ1n) is 8.37. The van der Waals surface area contributed by atoms with Crippen molar-refractivity contribution in [3.63, 3.8) is 0 Å². The molecule has 7 heteroatoms. The Morgan fingerprint density at radius 1 is 1.26 bits per heavy atom. The molecule has 2 aliphatic rings. The Bertz CT molecular complexity index is 342. The molecule has 2 heterocycles. The van der Waals surface area contributed by atoms with Gasteiger partial charge in [0.05, 0.1) is 5.41 Å². The number of amides is 1. The predicted molar refractivity (Wildman–Crippen MR) is 98.5 cm³/mol. The van der Waals surface area contributed by atoms with Gasteiger partial charge in [0, 0.05) is 45.4 Å². The maximum absolute atomic E-state index is 12.6. The maximum atomic E-state index is 12.6. The van der Waals surface area contributed by atoms with Crippen molar-refractivity contribution in [2.24, 2.45) is 17.1 Å². The third kappa shape index (κ3) is 6.39. The number of piperidine rings is 1. The maximum Gasteiger partial charge on any atom is 0.227 e. The Morgan fingerprint density at radius 3 is 2.30 bits per heavy atom. The van der Waals surface area contributed by atoms with Gasteiger partial charge < -0.3 is 20.7 Å². The second kappa shape index (κ2) is 10.7. The number of likely N-dealkylation sites (tertiary alicyclic amines) is 1. The number of hydrogen-bond acceptors (Lipinski definition) is 4. The van der Waals surface area contributed by atoms with Crippen molar-refractivity contribution in [1.29, 1.82) is 0 Å². The van der Waals surface area contributed by atoms with Crippen LogP contribution in [0.25, 0.3) is 0 Å². The average molecular weight is 370 g/mol. The van der Waals surface area contributed by atoms with E-state index in [0.717, 1.165) is 45.3 Å². The molecule has 5 nitrogen and oxygen atoms in total. The van der Waals surface area contributed by atoms with Gasteiger partial charge in [-0.15, -0.1) is 24.8 Å². The number of carbonyl (C=O) groups is 1. The van der Waals surface area contributed by atoms with Crippen LogP contribution in [-0.4, -0.2) is 56.2 Å². The van der Waals surface area contributed by atoms with Gasteiger partial charge >= 0.3 is 0 Å². The molecule has 0 saturated carbocycles. The minimum Gasteiger partial charge on any atom is -0.381 e. The van der Waals surface area contributed by atoms with Gasteiger partial charge in [-0.2, -0.15) is 0 Å². The van der Waals surface area contributed by atoms with Crippen LogP contribution in [0, 0.1) is 11.3 Å². The van der Waals surface area contributed by atoms with E-state index in [9.17, 15) is 4.79 Å². The van der Waals surface area contributed by atoms with Gasteiger partial charge in [0.15, 0.2) is 0 Å². The summed E-state index contributed by atoms with van der Waals surface area (Å²) in [5, 5.41) is 3.25. The van der Waals surface area contributed by atoms with Crippen LogP contribution in [0.4, 0.5) is 0 Å². The quantitative estimate of drug-likeness (QED) is 0.775. The minimum absolute atomic E-state index is 0. The molecule has 0 aromatic carbocycles.